The molecule has 1 amide bonds. The number of aliphatic hydroxyl groups is 1. The van der Waals surface area contributed by atoms with E-state index >= 15 is 0 Å². The van der Waals surface area contributed by atoms with Gasteiger partial charge in [-0.2, -0.15) is 5.10 Å². The molecule has 0 radical (unpaired) electrons. The number of hydrogen-bond donors (Lipinski definition) is 1. The predicted octanol–water partition coefficient (Wildman–Crippen LogP) is 3.36. The molecular weight excluding hydrogens is 376 g/mol. The number of amides is 1. The van der Waals surface area contributed by atoms with Crippen molar-refractivity contribution < 1.29 is 9.90 Å². The molecule has 7 heteroatoms. The first-order chi connectivity index (χ1) is 13.3. The maximum absolute atomic E-state index is 13.3. The van der Waals surface area contributed by atoms with Gasteiger partial charge in [0.2, 0.25) is 0 Å². The van der Waals surface area contributed by atoms with Gasteiger partial charge in [-0.05, 0) is 50.5 Å². The molecule has 0 atom stereocenters. The highest BCUT2D eigenvalue weighted by Crippen LogP contribution is 2.34. The van der Waals surface area contributed by atoms with Crippen molar-refractivity contribution in [1.29, 1.82) is 0 Å². The molecule has 1 saturated heterocycles. The van der Waals surface area contributed by atoms with E-state index in [0.29, 0.717) is 36.5 Å². The summed E-state index contributed by atoms with van der Waals surface area (Å²) in [5, 5.41) is 16.9. The standard InChI is InChI=1S/C21H23ClN4O2/c1-13-12-17(18-14(2)24-25(3)19(18)23-13)20(27)26-10-8-21(28,9-11-26)15-4-6-16(22)7-5-15/h4-7,12,28H,8-11H2,1-3H3. The number of aromatic nitrogens is 3. The Morgan fingerprint density at radius 3 is 2.46 bits per heavy atom. The summed E-state index contributed by atoms with van der Waals surface area (Å²) in [5.74, 6) is -0.0373. The zero-order valence-electron chi connectivity index (χ0n) is 16.2. The second-order valence-electron chi connectivity index (χ2n) is 7.55. The third-order valence-corrected chi connectivity index (χ3v) is 5.84. The number of hydrogen-bond acceptors (Lipinski definition) is 4. The van der Waals surface area contributed by atoms with Gasteiger partial charge < -0.3 is 10.0 Å². The van der Waals surface area contributed by atoms with E-state index in [1.165, 1.54) is 0 Å². The molecule has 1 aliphatic heterocycles. The molecule has 28 heavy (non-hydrogen) atoms. The van der Waals surface area contributed by atoms with E-state index in [4.69, 9.17) is 11.6 Å². The van der Waals surface area contributed by atoms with Gasteiger partial charge in [-0.3, -0.25) is 9.48 Å². The molecule has 1 aliphatic rings. The number of carbonyl (C=O) groups is 1. The Bertz CT molecular complexity index is 1050. The molecule has 1 fully saturated rings. The summed E-state index contributed by atoms with van der Waals surface area (Å²) >= 11 is 5.96. The van der Waals surface area contributed by atoms with Crippen molar-refractivity contribution in [1.82, 2.24) is 19.7 Å². The van der Waals surface area contributed by atoms with Crippen LogP contribution in [-0.2, 0) is 12.6 Å². The molecule has 6 nitrogen and oxygen atoms in total. The van der Waals surface area contributed by atoms with E-state index in [0.717, 1.165) is 28.0 Å². The van der Waals surface area contributed by atoms with Gasteiger partial charge in [0.25, 0.3) is 5.91 Å². The average molecular weight is 399 g/mol. The molecule has 0 bridgehead atoms. The van der Waals surface area contributed by atoms with Crippen molar-refractivity contribution in [2.45, 2.75) is 32.3 Å². The SMILES string of the molecule is Cc1cc(C(=O)N2CCC(O)(c3ccc(Cl)cc3)CC2)c2c(C)nn(C)c2n1. The number of carbonyl (C=O) groups excluding carboxylic acids is 1. The van der Waals surface area contributed by atoms with Crippen molar-refractivity contribution in [2.24, 2.45) is 7.05 Å². The van der Waals surface area contributed by atoms with Crippen LogP contribution in [0.15, 0.2) is 30.3 Å². The number of benzene rings is 1. The van der Waals surface area contributed by atoms with Gasteiger partial charge in [-0.25, -0.2) is 4.98 Å². The fourth-order valence-electron chi connectivity index (χ4n) is 4.04. The highest BCUT2D eigenvalue weighted by Gasteiger charge is 2.36. The van der Waals surface area contributed by atoms with Crippen LogP contribution >= 0.6 is 11.6 Å². The van der Waals surface area contributed by atoms with Crippen molar-refractivity contribution in [3.8, 4) is 0 Å². The lowest BCUT2D eigenvalue weighted by atomic mass is 9.84. The summed E-state index contributed by atoms with van der Waals surface area (Å²) in [7, 11) is 1.84. The number of fused-ring (bicyclic) bond motifs is 1. The zero-order chi connectivity index (χ0) is 20.1. The number of piperidine rings is 1. The quantitative estimate of drug-likeness (QED) is 0.718. The van der Waals surface area contributed by atoms with Crippen molar-refractivity contribution in [2.75, 3.05) is 13.1 Å². The highest BCUT2D eigenvalue weighted by molar-refractivity contribution is 6.30. The first-order valence-corrected chi connectivity index (χ1v) is 9.75. The Hall–Kier alpha value is -2.44. The maximum atomic E-state index is 13.3. The average Bonchev–Trinajstić information content (AvgIpc) is 2.95. The second-order valence-corrected chi connectivity index (χ2v) is 7.99. The minimum atomic E-state index is -0.935. The summed E-state index contributed by atoms with van der Waals surface area (Å²) < 4.78 is 1.71. The first kappa shape index (κ1) is 18.9. The van der Waals surface area contributed by atoms with Crippen LogP contribution in [-0.4, -0.2) is 43.8 Å². The van der Waals surface area contributed by atoms with Crippen LogP contribution in [0.25, 0.3) is 11.0 Å². The van der Waals surface area contributed by atoms with Crippen LogP contribution in [0.4, 0.5) is 0 Å². The van der Waals surface area contributed by atoms with Crippen LogP contribution in [0.2, 0.25) is 5.02 Å². The van der Waals surface area contributed by atoms with E-state index in [2.05, 4.69) is 10.1 Å². The number of pyridine rings is 1. The molecule has 0 saturated carbocycles. The molecule has 0 spiro atoms. The molecule has 3 aromatic rings. The van der Waals surface area contributed by atoms with E-state index in [1.807, 2.05) is 44.0 Å². The minimum Gasteiger partial charge on any atom is -0.385 e. The maximum Gasteiger partial charge on any atom is 0.254 e. The van der Waals surface area contributed by atoms with Crippen LogP contribution in [0.1, 0.15) is 40.2 Å². The van der Waals surface area contributed by atoms with Gasteiger partial charge in [0.15, 0.2) is 5.65 Å². The van der Waals surface area contributed by atoms with Gasteiger partial charge in [0.05, 0.1) is 22.2 Å². The Kier molecular flexibility index (Phi) is 4.63. The van der Waals surface area contributed by atoms with Crippen LogP contribution in [0.5, 0.6) is 0 Å². The fourth-order valence-corrected chi connectivity index (χ4v) is 4.16. The molecule has 1 aromatic carbocycles. The van der Waals surface area contributed by atoms with E-state index in [-0.39, 0.29) is 5.91 Å². The third-order valence-electron chi connectivity index (χ3n) is 5.59. The van der Waals surface area contributed by atoms with E-state index < -0.39 is 5.60 Å². The largest absolute Gasteiger partial charge is 0.385 e. The molecule has 1 N–H and O–H groups in total. The number of rotatable bonds is 2. The summed E-state index contributed by atoms with van der Waals surface area (Å²) in [6.45, 7) is 4.75. The van der Waals surface area contributed by atoms with Gasteiger partial charge in [0.1, 0.15) is 0 Å². The number of likely N-dealkylation sites (tertiary alicyclic amines) is 1. The number of aryl methyl sites for hydroxylation is 3. The summed E-state index contributed by atoms with van der Waals surface area (Å²) in [5.41, 5.74) is 2.83. The smallest absolute Gasteiger partial charge is 0.254 e. The lowest BCUT2D eigenvalue weighted by molar-refractivity contribution is -0.0211. The molecular formula is C21H23ClN4O2. The molecule has 146 valence electrons. The first-order valence-electron chi connectivity index (χ1n) is 9.37. The lowest BCUT2D eigenvalue weighted by Crippen LogP contribution is -2.45. The van der Waals surface area contributed by atoms with Crippen molar-refractivity contribution in [3.05, 3.63) is 57.9 Å². The molecule has 0 unspecified atom stereocenters. The topological polar surface area (TPSA) is 71.2 Å². The number of halogens is 1. The van der Waals surface area contributed by atoms with Gasteiger partial charge in [0, 0.05) is 30.9 Å². The Labute approximate surface area is 168 Å². The van der Waals surface area contributed by atoms with E-state index in [1.54, 1.807) is 16.8 Å². The normalized spacial score (nSPS) is 16.5. The summed E-state index contributed by atoms with van der Waals surface area (Å²) in [4.78, 5) is 19.6. The highest BCUT2D eigenvalue weighted by atomic mass is 35.5. The Balaban J connectivity index is 1.60. The summed E-state index contributed by atoms with van der Waals surface area (Å²) in [6.07, 6.45) is 0.971. The molecule has 2 aromatic heterocycles. The predicted molar refractivity (Wildman–Crippen MR) is 108 cm³/mol. The van der Waals surface area contributed by atoms with Crippen molar-refractivity contribution >= 4 is 28.5 Å². The Morgan fingerprint density at radius 1 is 1.18 bits per heavy atom. The number of nitrogens with zero attached hydrogens (tertiary/aromatic N) is 4. The minimum absolute atomic E-state index is 0.0373. The van der Waals surface area contributed by atoms with Gasteiger partial charge in [-0.15, -0.1) is 0 Å². The van der Waals surface area contributed by atoms with Crippen LogP contribution < -0.4 is 0 Å². The lowest BCUT2D eigenvalue weighted by Gasteiger charge is -2.38. The second kappa shape index (κ2) is 6.87. The zero-order valence-corrected chi connectivity index (χ0v) is 17.0. The molecule has 3 heterocycles. The van der Waals surface area contributed by atoms with E-state index in [9.17, 15) is 9.90 Å². The fraction of sp³-hybridized carbons (Fsp3) is 0.381. The Morgan fingerprint density at radius 2 is 1.82 bits per heavy atom. The molecule has 0 aliphatic carbocycles. The van der Waals surface area contributed by atoms with Crippen LogP contribution in [0, 0.1) is 13.8 Å². The third kappa shape index (κ3) is 3.16. The van der Waals surface area contributed by atoms with Crippen LogP contribution in [0.3, 0.4) is 0 Å². The van der Waals surface area contributed by atoms with Crippen molar-refractivity contribution in [3.63, 3.8) is 0 Å². The van der Waals surface area contributed by atoms with Gasteiger partial charge >= 0.3 is 0 Å². The summed E-state index contributed by atoms with van der Waals surface area (Å²) in [6, 6.07) is 9.12. The monoisotopic (exact) mass is 398 g/mol. The molecule has 4 rings (SSSR count). The van der Waals surface area contributed by atoms with Gasteiger partial charge in [-0.1, -0.05) is 23.7 Å².